The highest BCUT2D eigenvalue weighted by Crippen LogP contribution is 2.71. The van der Waals surface area contributed by atoms with E-state index in [1.54, 1.807) is 11.3 Å². The van der Waals surface area contributed by atoms with Crippen molar-refractivity contribution in [3.8, 4) is 11.1 Å². The van der Waals surface area contributed by atoms with Crippen molar-refractivity contribution in [2.45, 2.75) is 108 Å². The molecule has 0 spiro atoms. The lowest BCUT2D eigenvalue weighted by Crippen LogP contribution is -2.65. The predicted molar refractivity (Wildman–Crippen MR) is 169 cm³/mol. The quantitative estimate of drug-likeness (QED) is 0.209. The third-order valence-corrected chi connectivity index (χ3v) is 12.1. The number of pyridine rings is 1. The standard InChI is InChI=1S/C35H40FN5O2S/c1-22-38-25-6-5-23(15-26(25)44-22)24-7-14-37-27(16-24)41(28(42)17-33-18-35(36,19-33)20-33)21-32-8-11-34(12-9-32,13-10-32)29-39-30(43-40-29)31(2,3)4/h5-7,14-16H,8-13,17-21H2,1-4H3. The van der Waals surface area contributed by atoms with E-state index in [-0.39, 0.29) is 27.6 Å². The number of carbonyl (C=O) groups excluding carboxylic acids is 1. The van der Waals surface area contributed by atoms with Gasteiger partial charge in [0.25, 0.3) is 0 Å². The van der Waals surface area contributed by atoms with Gasteiger partial charge in [0.2, 0.25) is 11.8 Å². The van der Waals surface area contributed by atoms with Gasteiger partial charge in [-0.1, -0.05) is 32.0 Å². The molecule has 0 aliphatic heterocycles. The van der Waals surface area contributed by atoms with E-state index in [0.29, 0.717) is 43.9 Å². The Kier molecular flexibility index (Phi) is 6.05. The van der Waals surface area contributed by atoms with Crippen LogP contribution in [0.5, 0.6) is 0 Å². The van der Waals surface area contributed by atoms with E-state index in [4.69, 9.17) is 14.5 Å². The van der Waals surface area contributed by atoms with Crippen LogP contribution in [0.1, 0.15) is 102 Å². The summed E-state index contributed by atoms with van der Waals surface area (Å²) >= 11 is 1.69. The first-order chi connectivity index (χ1) is 20.9. The van der Waals surface area contributed by atoms with Crippen molar-refractivity contribution < 1.29 is 13.7 Å². The lowest BCUT2D eigenvalue weighted by atomic mass is 9.41. The molecule has 0 N–H and O–H groups in total. The fourth-order valence-corrected chi connectivity index (χ4v) is 9.51. The lowest BCUT2D eigenvalue weighted by Gasteiger charge is -2.66. The number of halogens is 1. The monoisotopic (exact) mass is 613 g/mol. The number of alkyl halides is 1. The van der Waals surface area contributed by atoms with Crippen molar-refractivity contribution in [2.75, 3.05) is 11.4 Å². The highest BCUT2D eigenvalue weighted by Gasteiger charge is 2.69. The van der Waals surface area contributed by atoms with Gasteiger partial charge in [0.1, 0.15) is 11.5 Å². The second-order valence-corrected chi connectivity index (χ2v) is 16.8. The number of aryl methyl sites for hydroxylation is 1. The van der Waals surface area contributed by atoms with E-state index in [1.807, 2.05) is 24.1 Å². The van der Waals surface area contributed by atoms with Crippen LogP contribution in [0.3, 0.4) is 0 Å². The first-order valence-electron chi connectivity index (χ1n) is 16.0. The molecule has 1 amide bonds. The molecule has 4 aromatic rings. The number of aromatic nitrogens is 4. The normalized spacial score (nSPS) is 30.7. The Bertz CT molecular complexity index is 1740. The van der Waals surface area contributed by atoms with E-state index >= 15 is 0 Å². The smallest absolute Gasteiger partial charge is 0.232 e. The Morgan fingerprint density at radius 2 is 1.68 bits per heavy atom. The summed E-state index contributed by atoms with van der Waals surface area (Å²) in [6.07, 6.45) is 9.80. The van der Waals surface area contributed by atoms with Crippen LogP contribution in [-0.2, 0) is 15.6 Å². The van der Waals surface area contributed by atoms with Gasteiger partial charge in [-0.2, -0.15) is 4.98 Å². The molecule has 6 aliphatic rings. The van der Waals surface area contributed by atoms with Crippen LogP contribution in [0, 0.1) is 17.8 Å². The Morgan fingerprint density at radius 1 is 0.977 bits per heavy atom. The summed E-state index contributed by atoms with van der Waals surface area (Å²) < 4.78 is 21.3. The molecule has 3 aromatic heterocycles. The van der Waals surface area contributed by atoms with Crippen molar-refractivity contribution in [1.29, 1.82) is 0 Å². The number of fused-ring (bicyclic) bond motifs is 4. The van der Waals surface area contributed by atoms with Gasteiger partial charge < -0.3 is 4.52 Å². The van der Waals surface area contributed by atoms with E-state index in [2.05, 4.69) is 55.2 Å². The Labute approximate surface area is 261 Å². The highest BCUT2D eigenvalue weighted by molar-refractivity contribution is 7.18. The maximum Gasteiger partial charge on any atom is 0.232 e. The maximum absolute atomic E-state index is 14.4. The Hall–Kier alpha value is -3.20. The third kappa shape index (κ3) is 4.60. The molecule has 10 rings (SSSR count). The molecule has 3 heterocycles. The number of amides is 1. The molecule has 0 saturated heterocycles. The van der Waals surface area contributed by atoms with Crippen molar-refractivity contribution in [2.24, 2.45) is 10.8 Å². The highest BCUT2D eigenvalue weighted by atomic mass is 32.1. The number of hydrogen-bond donors (Lipinski definition) is 0. The third-order valence-electron chi connectivity index (χ3n) is 11.2. The van der Waals surface area contributed by atoms with Crippen LogP contribution in [-0.4, -0.2) is 38.2 Å². The summed E-state index contributed by atoms with van der Waals surface area (Å²) in [4.78, 5) is 30.4. The van der Waals surface area contributed by atoms with Gasteiger partial charge in [-0.05, 0) is 111 Å². The van der Waals surface area contributed by atoms with Crippen LogP contribution in [0.2, 0.25) is 0 Å². The molecule has 6 aliphatic carbocycles. The number of benzene rings is 1. The maximum atomic E-state index is 14.4. The van der Waals surface area contributed by atoms with Gasteiger partial charge in [0.15, 0.2) is 5.82 Å². The largest absolute Gasteiger partial charge is 0.339 e. The average Bonchev–Trinajstić information content (AvgIpc) is 3.62. The molecule has 9 heteroatoms. The molecular weight excluding hydrogens is 573 g/mol. The van der Waals surface area contributed by atoms with Gasteiger partial charge in [-0.3, -0.25) is 9.69 Å². The fraction of sp³-hybridized carbons (Fsp3) is 0.571. The van der Waals surface area contributed by atoms with Gasteiger partial charge in [0.05, 0.1) is 15.2 Å². The SMILES string of the molecule is Cc1nc2ccc(-c3ccnc(N(CC45CCC(c6noc(C(C)(C)C)n6)(CC4)CC5)C(=O)CC45CC(F)(C4)C5)c3)cc2s1. The van der Waals surface area contributed by atoms with Gasteiger partial charge in [-0.15, -0.1) is 11.3 Å². The summed E-state index contributed by atoms with van der Waals surface area (Å²) in [5, 5.41) is 5.51. The first-order valence-corrected chi connectivity index (χ1v) is 16.9. The lowest BCUT2D eigenvalue weighted by molar-refractivity contribution is -0.215. The van der Waals surface area contributed by atoms with Crippen molar-refractivity contribution in [3.05, 3.63) is 53.3 Å². The molecule has 0 atom stereocenters. The molecule has 1 aromatic carbocycles. The molecule has 0 radical (unpaired) electrons. The van der Waals surface area contributed by atoms with E-state index in [0.717, 1.165) is 70.7 Å². The summed E-state index contributed by atoms with van der Waals surface area (Å²) in [6.45, 7) is 8.97. The molecule has 6 saturated carbocycles. The van der Waals surface area contributed by atoms with Crippen LogP contribution in [0.15, 0.2) is 41.1 Å². The number of rotatable bonds is 7. The number of carbonyl (C=O) groups is 1. The van der Waals surface area contributed by atoms with Crippen molar-refractivity contribution in [3.63, 3.8) is 0 Å². The zero-order chi connectivity index (χ0) is 30.5. The molecule has 6 fully saturated rings. The minimum Gasteiger partial charge on any atom is -0.339 e. The zero-order valence-electron chi connectivity index (χ0n) is 26.1. The molecular formula is C35H40FN5O2S. The predicted octanol–water partition coefficient (Wildman–Crippen LogP) is 8.25. The van der Waals surface area contributed by atoms with E-state index in [1.165, 1.54) is 0 Å². The van der Waals surface area contributed by atoms with Gasteiger partial charge in [-0.25, -0.2) is 14.4 Å². The molecule has 230 valence electrons. The number of nitrogens with zero attached hydrogens (tertiary/aromatic N) is 5. The number of hydrogen-bond acceptors (Lipinski definition) is 7. The first kappa shape index (κ1) is 28.3. The zero-order valence-corrected chi connectivity index (χ0v) is 26.9. The van der Waals surface area contributed by atoms with Gasteiger partial charge >= 0.3 is 0 Å². The summed E-state index contributed by atoms with van der Waals surface area (Å²) in [7, 11) is 0. The van der Waals surface area contributed by atoms with Crippen LogP contribution in [0.4, 0.5) is 10.2 Å². The molecule has 7 nitrogen and oxygen atoms in total. The van der Waals surface area contributed by atoms with Crippen LogP contribution in [0.25, 0.3) is 21.3 Å². The summed E-state index contributed by atoms with van der Waals surface area (Å²) in [5.74, 6) is 2.32. The number of anilines is 1. The van der Waals surface area contributed by atoms with Crippen LogP contribution >= 0.6 is 11.3 Å². The average molecular weight is 614 g/mol. The Balaban J connectivity index is 1.07. The number of thiazole rings is 1. The summed E-state index contributed by atoms with van der Waals surface area (Å²) in [5.41, 5.74) is 1.74. The van der Waals surface area contributed by atoms with Crippen LogP contribution < -0.4 is 4.90 Å². The van der Waals surface area contributed by atoms with E-state index in [9.17, 15) is 9.18 Å². The topological polar surface area (TPSA) is 85.0 Å². The molecule has 0 unspecified atom stereocenters. The fourth-order valence-electron chi connectivity index (χ4n) is 8.64. The van der Waals surface area contributed by atoms with Gasteiger partial charge in [0, 0.05) is 30.0 Å². The second-order valence-electron chi connectivity index (χ2n) is 15.6. The van der Waals surface area contributed by atoms with E-state index < -0.39 is 5.67 Å². The minimum atomic E-state index is -1.02. The molecule has 44 heavy (non-hydrogen) atoms. The summed E-state index contributed by atoms with van der Waals surface area (Å²) in [6, 6.07) is 10.4. The Morgan fingerprint density at radius 3 is 2.34 bits per heavy atom. The van der Waals surface area contributed by atoms with Crippen molar-refractivity contribution >= 4 is 33.3 Å². The molecule has 4 bridgehead atoms. The second kappa shape index (κ2) is 9.41. The van der Waals surface area contributed by atoms with Crippen molar-refractivity contribution in [1.82, 2.24) is 20.1 Å². The minimum absolute atomic E-state index is 0.0193.